The molecule has 2 amide bonds. The molecule has 43 heavy (non-hydrogen) atoms. The van der Waals surface area contributed by atoms with E-state index in [1.165, 1.54) is 12.1 Å². The summed E-state index contributed by atoms with van der Waals surface area (Å²) < 4.78 is 77.6. The smallest absolute Gasteiger partial charge is 0.343 e. The van der Waals surface area contributed by atoms with Gasteiger partial charge in [-0.3, -0.25) is 19.3 Å². The monoisotopic (exact) mass is 603 g/mol. The molecule has 0 unspecified atom stereocenters. The van der Waals surface area contributed by atoms with Crippen LogP contribution in [0.15, 0.2) is 60.9 Å². The minimum absolute atomic E-state index is 0.132. The largest absolute Gasteiger partial charge is 0.433 e. The maximum Gasteiger partial charge on any atom is 0.433 e. The Morgan fingerprint density at radius 2 is 1.60 bits per heavy atom. The Morgan fingerprint density at radius 1 is 0.930 bits per heavy atom. The van der Waals surface area contributed by atoms with E-state index in [-0.39, 0.29) is 17.4 Å². The fourth-order valence-electron chi connectivity index (χ4n) is 5.20. The topological polar surface area (TPSA) is 80.1 Å². The number of hydrogen-bond donors (Lipinski definition) is 1. The zero-order chi connectivity index (χ0) is 30.9. The van der Waals surface area contributed by atoms with Gasteiger partial charge in [-0.25, -0.2) is 0 Å². The minimum Gasteiger partial charge on any atom is -0.343 e. The van der Waals surface area contributed by atoms with E-state index in [1.807, 2.05) is 5.32 Å². The number of nitrogens with one attached hydrogen (secondary N) is 1. The van der Waals surface area contributed by atoms with Gasteiger partial charge < -0.3 is 10.2 Å². The van der Waals surface area contributed by atoms with Crippen molar-refractivity contribution in [2.75, 3.05) is 19.6 Å². The summed E-state index contributed by atoms with van der Waals surface area (Å²) in [7, 11) is 0. The van der Waals surface area contributed by atoms with Crippen LogP contribution < -0.4 is 5.32 Å². The first-order valence-electron chi connectivity index (χ1n) is 13.5. The van der Waals surface area contributed by atoms with Gasteiger partial charge in [-0.2, -0.15) is 31.4 Å². The number of fused-ring (bicyclic) bond motifs is 1. The third-order valence-electron chi connectivity index (χ3n) is 7.57. The summed E-state index contributed by atoms with van der Waals surface area (Å²) in [5.74, 6) is -0.692. The number of pyridine rings is 1. The number of carbonyl (C=O) groups excluding carboxylic acids is 2. The van der Waals surface area contributed by atoms with E-state index in [9.17, 15) is 35.9 Å². The van der Waals surface area contributed by atoms with Crippen molar-refractivity contribution >= 4 is 22.7 Å². The van der Waals surface area contributed by atoms with E-state index >= 15 is 0 Å². The summed E-state index contributed by atoms with van der Waals surface area (Å²) in [5.41, 5.74) is 2.00. The van der Waals surface area contributed by atoms with Crippen molar-refractivity contribution in [1.29, 1.82) is 0 Å². The standard InChI is InChI=1S/C30H27F6N5O2/c1-18-23(27(42)38-17-29(31,32)33)7-8-25-24(18)16-41(39-25)15-19-10-12-40(13-11-19)28(43)21-4-2-20(3-5-21)22-6-9-26(37-14-22)30(34,35)36/h2-9,14,16,19H,10-13,15,17H2,1H3,(H,38,42). The Balaban J connectivity index is 1.17. The molecule has 0 atom stereocenters. The molecule has 1 aliphatic rings. The molecule has 1 aliphatic heterocycles. The van der Waals surface area contributed by atoms with Crippen LogP contribution in [0, 0.1) is 12.8 Å². The molecule has 226 valence electrons. The van der Waals surface area contributed by atoms with Crippen molar-refractivity contribution in [1.82, 2.24) is 25.0 Å². The van der Waals surface area contributed by atoms with Crippen LogP contribution in [0.5, 0.6) is 0 Å². The molecule has 4 aromatic rings. The molecule has 1 N–H and O–H groups in total. The molecule has 0 aliphatic carbocycles. The number of rotatable bonds is 6. The zero-order valence-corrected chi connectivity index (χ0v) is 23.0. The first-order valence-corrected chi connectivity index (χ1v) is 13.5. The zero-order valence-electron chi connectivity index (χ0n) is 23.0. The molecule has 13 heteroatoms. The Morgan fingerprint density at radius 3 is 2.21 bits per heavy atom. The van der Waals surface area contributed by atoms with Crippen molar-refractivity contribution in [2.45, 2.75) is 38.7 Å². The van der Waals surface area contributed by atoms with Crippen LogP contribution in [0.4, 0.5) is 26.3 Å². The number of aryl methyl sites for hydroxylation is 1. The summed E-state index contributed by atoms with van der Waals surface area (Å²) in [6, 6.07) is 12.0. The van der Waals surface area contributed by atoms with Gasteiger partial charge in [0.15, 0.2) is 0 Å². The molecule has 3 heterocycles. The van der Waals surface area contributed by atoms with Crippen LogP contribution >= 0.6 is 0 Å². The summed E-state index contributed by atoms with van der Waals surface area (Å²) in [5, 5.41) is 7.15. The van der Waals surface area contributed by atoms with Gasteiger partial charge >= 0.3 is 12.4 Å². The third kappa shape index (κ3) is 6.98. The lowest BCUT2D eigenvalue weighted by atomic mass is 9.96. The van der Waals surface area contributed by atoms with Gasteiger partial charge in [-0.1, -0.05) is 18.2 Å². The fraction of sp³-hybridized carbons (Fsp3) is 0.333. The minimum atomic E-state index is -4.51. The number of carbonyl (C=O) groups is 2. The van der Waals surface area contributed by atoms with E-state index in [0.29, 0.717) is 52.8 Å². The number of piperidine rings is 1. The van der Waals surface area contributed by atoms with Crippen molar-refractivity contribution < 1.29 is 35.9 Å². The van der Waals surface area contributed by atoms with E-state index in [2.05, 4.69) is 10.1 Å². The summed E-state index contributed by atoms with van der Waals surface area (Å²) >= 11 is 0. The molecule has 0 radical (unpaired) electrons. The van der Waals surface area contributed by atoms with Crippen molar-refractivity contribution in [3.05, 3.63) is 83.3 Å². The molecule has 7 nitrogen and oxygen atoms in total. The molecule has 1 fully saturated rings. The second-order valence-electron chi connectivity index (χ2n) is 10.6. The quantitative estimate of drug-likeness (QED) is 0.264. The SMILES string of the molecule is Cc1c(C(=O)NCC(F)(F)F)ccc2nn(CC3CCN(C(=O)c4ccc(-c5ccc(C(F)(F)F)nc5)cc4)CC3)cc12. The number of nitrogens with zero attached hydrogens (tertiary/aromatic N) is 4. The molecule has 2 aromatic carbocycles. The lowest BCUT2D eigenvalue weighted by Gasteiger charge is -2.32. The number of aromatic nitrogens is 3. The highest BCUT2D eigenvalue weighted by atomic mass is 19.4. The van der Waals surface area contributed by atoms with Crippen LogP contribution in [-0.4, -0.2) is 57.3 Å². The predicted molar refractivity (Wildman–Crippen MR) is 146 cm³/mol. The average molecular weight is 604 g/mol. The molecular weight excluding hydrogens is 576 g/mol. The highest BCUT2D eigenvalue weighted by Crippen LogP contribution is 2.30. The van der Waals surface area contributed by atoms with Gasteiger partial charge in [-0.15, -0.1) is 0 Å². The highest BCUT2D eigenvalue weighted by Gasteiger charge is 2.32. The summed E-state index contributed by atoms with van der Waals surface area (Å²) in [4.78, 5) is 30.6. The van der Waals surface area contributed by atoms with Crippen LogP contribution in [0.1, 0.15) is 44.8 Å². The lowest BCUT2D eigenvalue weighted by Crippen LogP contribution is -2.39. The second kappa shape index (κ2) is 11.7. The first kappa shape index (κ1) is 30.1. The van der Waals surface area contributed by atoms with Gasteiger partial charge in [0.25, 0.3) is 11.8 Å². The van der Waals surface area contributed by atoms with Gasteiger partial charge in [0.05, 0.1) is 5.52 Å². The maximum atomic E-state index is 13.1. The number of amides is 2. The van der Waals surface area contributed by atoms with Crippen molar-refractivity contribution in [2.24, 2.45) is 5.92 Å². The van der Waals surface area contributed by atoms with Crippen LogP contribution in [0.2, 0.25) is 0 Å². The number of benzene rings is 2. The van der Waals surface area contributed by atoms with Gasteiger partial charge in [0.2, 0.25) is 0 Å². The number of halogens is 6. The van der Waals surface area contributed by atoms with Crippen molar-refractivity contribution in [3.8, 4) is 11.1 Å². The van der Waals surface area contributed by atoms with E-state index < -0.39 is 30.5 Å². The van der Waals surface area contributed by atoms with E-state index in [1.54, 1.807) is 53.0 Å². The highest BCUT2D eigenvalue weighted by molar-refractivity contribution is 6.00. The predicted octanol–water partition coefficient (Wildman–Crippen LogP) is 6.27. The molecule has 0 saturated carbocycles. The molecule has 2 aromatic heterocycles. The summed E-state index contributed by atoms with van der Waals surface area (Å²) in [6.45, 7) is 1.93. The first-order chi connectivity index (χ1) is 20.3. The third-order valence-corrected chi connectivity index (χ3v) is 7.57. The molecular formula is C30H27F6N5O2. The molecule has 1 saturated heterocycles. The number of hydrogen-bond acceptors (Lipinski definition) is 4. The molecule has 0 spiro atoms. The fourth-order valence-corrected chi connectivity index (χ4v) is 5.20. The number of alkyl halides is 6. The van der Waals surface area contributed by atoms with E-state index in [0.717, 1.165) is 25.1 Å². The van der Waals surface area contributed by atoms with Crippen LogP contribution in [0.25, 0.3) is 22.0 Å². The summed E-state index contributed by atoms with van der Waals surface area (Å²) in [6.07, 6.45) is -4.59. The van der Waals surface area contributed by atoms with Gasteiger partial charge in [-0.05, 0) is 67.1 Å². The molecule has 5 rings (SSSR count). The van der Waals surface area contributed by atoms with Crippen LogP contribution in [-0.2, 0) is 12.7 Å². The van der Waals surface area contributed by atoms with Crippen LogP contribution in [0.3, 0.4) is 0 Å². The van der Waals surface area contributed by atoms with Crippen molar-refractivity contribution in [3.63, 3.8) is 0 Å². The second-order valence-corrected chi connectivity index (χ2v) is 10.6. The Labute approximate surface area is 242 Å². The Hall–Kier alpha value is -4.42. The maximum absolute atomic E-state index is 13.1. The number of likely N-dealkylation sites (tertiary alicyclic amines) is 1. The Bertz CT molecular complexity index is 1620. The Kier molecular flexibility index (Phi) is 8.17. The normalized spacial score (nSPS) is 14.7. The van der Waals surface area contributed by atoms with Gasteiger partial charge in [0, 0.05) is 54.1 Å². The lowest BCUT2D eigenvalue weighted by molar-refractivity contribution is -0.141. The van der Waals surface area contributed by atoms with E-state index in [4.69, 9.17) is 0 Å². The molecule has 0 bridgehead atoms. The van der Waals surface area contributed by atoms with Gasteiger partial charge in [0.1, 0.15) is 12.2 Å². The average Bonchev–Trinajstić information content (AvgIpc) is 3.39.